The average molecular weight is 386 g/mol. The van der Waals surface area contributed by atoms with Crippen LogP contribution in [0.5, 0.6) is 5.75 Å². The van der Waals surface area contributed by atoms with Crippen LogP contribution in [-0.2, 0) is 17.8 Å². The number of para-hydroxylation sites is 1. The minimum atomic E-state index is -0.891. The molecular weight excluding hydrogens is 364 g/mol. The van der Waals surface area contributed by atoms with Gasteiger partial charge in [0.15, 0.2) is 0 Å². The summed E-state index contributed by atoms with van der Waals surface area (Å²) in [4.78, 5) is 11.0. The SMILES string of the molecule is N#CCC(N)c1cccc(-c2cccc(COc3ccccc3CC(=O)O)c2)c1. The predicted molar refractivity (Wildman–Crippen MR) is 111 cm³/mol. The van der Waals surface area contributed by atoms with Gasteiger partial charge in [0.1, 0.15) is 12.4 Å². The smallest absolute Gasteiger partial charge is 0.307 e. The zero-order chi connectivity index (χ0) is 20.6. The molecule has 1 atom stereocenters. The van der Waals surface area contributed by atoms with Crippen molar-refractivity contribution >= 4 is 5.97 Å². The van der Waals surface area contributed by atoms with Gasteiger partial charge >= 0.3 is 5.97 Å². The number of carboxylic acid groups (broad SMARTS) is 1. The topological polar surface area (TPSA) is 96.3 Å². The number of aliphatic carboxylic acids is 1. The second-order valence-corrected chi connectivity index (χ2v) is 6.76. The number of hydrogen-bond donors (Lipinski definition) is 2. The molecule has 0 radical (unpaired) electrons. The Morgan fingerprint density at radius 3 is 2.52 bits per heavy atom. The van der Waals surface area contributed by atoms with Gasteiger partial charge in [-0.15, -0.1) is 0 Å². The Bertz CT molecular complexity index is 1040. The highest BCUT2D eigenvalue weighted by molar-refractivity contribution is 5.71. The molecule has 0 bridgehead atoms. The summed E-state index contributed by atoms with van der Waals surface area (Å²) in [6.07, 6.45) is 0.193. The van der Waals surface area contributed by atoms with Gasteiger partial charge < -0.3 is 15.6 Å². The number of carbonyl (C=O) groups is 1. The van der Waals surface area contributed by atoms with E-state index in [4.69, 9.17) is 20.8 Å². The van der Waals surface area contributed by atoms with Crippen molar-refractivity contribution in [3.63, 3.8) is 0 Å². The van der Waals surface area contributed by atoms with Crippen LogP contribution in [0.2, 0.25) is 0 Å². The molecule has 146 valence electrons. The number of nitrogens with two attached hydrogens (primary N) is 1. The van der Waals surface area contributed by atoms with Crippen molar-refractivity contribution < 1.29 is 14.6 Å². The summed E-state index contributed by atoms with van der Waals surface area (Å²) in [5.41, 5.74) is 10.6. The summed E-state index contributed by atoms with van der Waals surface area (Å²) in [7, 11) is 0. The number of nitriles is 1. The predicted octanol–water partition coefficient (Wildman–Crippen LogP) is 4.47. The molecule has 3 aromatic carbocycles. The van der Waals surface area contributed by atoms with Gasteiger partial charge in [-0.05, 0) is 40.5 Å². The number of ether oxygens (including phenoxy) is 1. The highest BCUT2D eigenvalue weighted by Gasteiger charge is 2.09. The molecule has 3 N–H and O–H groups in total. The molecule has 0 amide bonds. The lowest BCUT2D eigenvalue weighted by atomic mass is 9.98. The Morgan fingerprint density at radius 1 is 1.03 bits per heavy atom. The molecule has 0 saturated carbocycles. The molecule has 0 aromatic heterocycles. The van der Waals surface area contributed by atoms with Gasteiger partial charge in [0, 0.05) is 11.6 Å². The lowest BCUT2D eigenvalue weighted by Gasteiger charge is -2.12. The third kappa shape index (κ3) is 5.44. The van der Waals surface area contributed by atoms with Crippen LogP contribution in [0.1, 0.15) is 29.2 Å². The molecule has 5 nitrogen and oxygen atoms in total. The summed E-state index contributed by atoms with van der Waals surface area (Å²) in [5, 5.41) is 17.9. The zero-order valence-electron chi connectivity index (χ0n) is 15.9. The summed E-state index contributed by atoms with van der Waals surface area (Å²) in [5.74, 6) is -0.317. The van der Waals surface area contributed by atoms with Crippen molar-refractivity contribution in [1.82, 2.24) is 0 Å². The molecule has 0 aliphatic carbocycles. The van der Waals surface area contributed by atoms with Gasteiger partial charge in [-0.3, -0.25) is 4.79 Å². The van der Waals surface area contributed by atoms with Crippen LogP contribution in [0.25, 0.3) is 11.1 Å². The van der Waals surface area contributed by atoms with Crippen molar-refractivity contribution in [2.24, 2.45) is 5.73 Å². The van der Waals surface area contributed by atoms with Gasteiger partial charge in [-0.2, -0.15) is 5.26 Å². The first kappa shape index (κ1) is 20.1. The Morgan fingerprint density at radius 2 is 1.76 bits per heavy atom. The molecule has 0 aliphatic rings. The Balaban J connectivity index is 1.77. The van der Waals surface area contributed by atoms with Crippen molar-refractivity contribution in [3.05, 3.63) is 89.5 Å². The van der Waals surface area contributed by atoms with E-state index in [9.17, 15) is 4.79 Å². The quantitative estimate of drug-likeness (QED) is 0.595. The molecule has 3 rings (SSSR count). The fourth-order valence-corrected chi connectivity index (χ4v) is 3.12. The molecule has 0 heterocycles. The number of carboxylic acids is 1. The molecule has 0 aliphatic heterocycles. The maximum Gasteiger partial charge on any atom is 0.307 e. The summed E-state index contributed by atoms with van der Waals surface area (Å²) >= 11 is 0. The second-order valence-electron chi connectivity index (χ2n) is 6.76. The van der Waals surface area contributed by atoms with Crippen LogP contribution in [0.4, 0.5) is 0 Å². The van der Waals surface area contributed by atoms with Gasteiger partial charge in [-0.1, -0.05) is 54.6 Å². The minimum absolute atomic E-state index is 0.0774. The highest BCUT2D eigenvalue weighted by atomic mass is 16.5. The zero-order valence-corrected chi connectivity index (χ0v) is 15.9. The van der Waals surface area contributed by atoms with Crippen molar-refractivity contribution in [3.8, 4) is 22.9 Å². The standard InChI is InChI=1S/C24H22N2O3/c25-12-11-22(26)20-9-4-8-19(14-20)18-7-3-5-17(13-18)16-29-23-10-2-1-6-21(23)15-24(27)28/h1-10,13-14,22H,11,15-16,26H2,(H,27,28). The maximum absolute atomic E-state index is 11.0. The van der Waals surface area contributed by atoms with E-state index < -0.39 is 5.97 Å². The molecule has 29 heavy (non-hydrogen) atoms. The van der Waals surface area contributed by atoms with Gasteiger partial charge in [-0.25, -0.2) is 0 Å². The number of hydrogen-bond acceptors (Lipinski definition) is 4. The third-order valence-electron chi connectivity index (χ3n) is 4.59. The average Bonchev–Trinajstić information content (AvgIpc) is 2.73. The summed E-state index contributed by atoms with van der Waals surface area (Å²) in [6, 6.07) is 24.8. The van der Waals surface area contributed by atoms with Crippen LogP contribution in [0.15, 0.2) is 72.8 Å². The van der Waals surface area contributed by atoms with E-state index in [0.29, 0.717) is 17.9 Å². The molecule has 3 aromatic rings. The maximum atomic E-state index is 11.0. The lowest BCUT2D eigenvalue weighted by molar-refractivity contribution is -0.136. The van der Waals surface area contributed by atoms with E-state index in [1.54, 1.807) is 18.2 Å². The van der Waals surface area contributed by atoms with Gasteiger partial charge in [0.25, 0.3) is 0 Å². The largest absolute Gasteiger partial charge is 0.489 e. The fraction of sp³-hybridized carbons (Fsp3) is 0.167. The van der Waals surface area contributed by atoms with Crippen LogP contribution in [0, 0.1) is 11.3 Å². The lowest BCUT2D eigenvalue weighted by Crippen LogP contribution is -2.09. The van der Waals surface area contributed by atoms with Crippen LogP contribution >= 0.6 is 0 Å². The third-order valence-corrected chi connectivity index (χ3v) is 4.59. The fourth-order valence-electron chi connectivity index (χ4n) is 3.12. The van der Waals surface area contributed by atoms with E-state index in [1.807, 2.05) is 54.6 Å². The van der Waals surface area contributed by atoms with E-state index in [1.165, 1.54) is 0 Å². The van der Waals surface area contributed by atoms with Crippen LogP contribution < -0.4 is 10.5 Å². The molecule has 1 unspecified atom stereocenters. The number of nitrogens with zero attached hydrogens (tertiary/aromatic N) is 1. The Kier molecular flexibility index (Phi) is 6.62. The molecule has 0 fully saturated rings. The Hall–Kier alpha value is -3.62. The summed E-state index contributed by atoms with van der Waals surface area (Å²) < 4.78 is 5.89. The Labute approximate surface area is 170 Å². The molecule has 5 heteroatoms. The van der Waals surface area contributed by atoms with E-state index in [-0.39, 0.29) is 18.9 Å². The van der Waals surface area contributed by atoms with Crippen molar-refractivity contribution in [2.75, 3.05) is 0 Å². The normalized spacial score (nSPS) is 11.4. The first-order valence-electron chi connectivity index (χ1n) is 9.31. The number of rotatable bonds is 8. The minimum Gasteiger partial charge on any atom is -0.489 e. The molecule has 0 spiro atoms. The number of benzene rings is 3. The van der Waals surface area contributed by atoms with Gasteiger partial charge in [0.2, 0.25) is 0 Å². The first-order valence-corrected chi connectivity index (χ1v) is 9.31. The van der Waals surface area contributed by atoms with Crippen LogP contribution in [0.3, 0.4) is 0 Å². The van der Waals surface area contributed by atoms with Crippen molar-refractivity contribution in [2.45, 2.75) is 25.5 Å². The summed E-state index contributed by atoms with van der Waals surface area (Å²) in [6.45, 7) is 0.331. The monoisotopic (exact) mass is 386 g/mol. The van der Waals surface area contributed by atoms with E-state index in [0.717, 1.165) is 22.3 Å². The molecule has 0 saturated heterocycles. The van der Waals surface area contributed by atoms with E-state index >= 15 is 0 Å². The van der Waals surface area contributed by atoms with Gasteiger partial charge in [0.05, 0.1) is 18.9 Å². The van der Waals surface area contributed by atoms with E-state index in [2.05, 4.69) is 6.07 Å². The molecular formula is C24H22N2O3. The van der Waals surface area contributed by atoms with Crippen molar-refractivity contribution in [1.29, 1.82) is 5.26 Å². The highest BCUT2D eigenvalue weighted by Crippen LogP contribution is 2.26. The second kappa shape index (κ2) is 9.54. The van der Waals surface area contributed by atoms with Crippen LogP contribution in [-0.4, -0.2) is 11.1 Å². The first-order chi connectivity index (χ1) is 14.1.